The first-order valence-corrected chi connectivity index (χ1v) is 6.48. The minimum Gasteiger partial charge on any atom is -0.354 e. The van der Waals surface area contributed by atoms with E-state index in [9.17, 15) is 14.4 Å². The zero-order chi connectivity index (χ0) is 14.7. The highest BCUT2D eigenvalue weighted by Gasteiger charge is 2.36. The van der Waals surface area contributed by atoms with Gasteiger partial charge in [-0.25, -0.2) is 0 Å². The molecule has 6 nitrogen and oxygen atoms in total. The summed E-state index contributed by atoms with van der Waals surface area (Å²) in [4.78, 5) is 36.7. The van der Waals surface area contributed by atoms with E-state index in [0.717, 1.165) is 4.90 Å². The molecule has 1 atom stereocenters. The third-order valence-corrected chi connectivity index (χ3v) is 3.10. The molecule has 0 fully saturated rings. The summed E-state index contributed by atoms with van der Waals surface area (Å²) in [6.07, 6.45) is 0.647. The van der Waals surface area contributed by atoms with Gasteiger partial charge in [0, 0.05) is 12.6 Å². The fourth-order valence-corrected chi connectivity index (χ4v) is 2.02. The Hall–Kier alpha value is -1.92. The molecular formula is C14H18ClN3O3. The summed E-state index contributed by atoms with van der Waals surface area (Å²) in [6.45, 7) is 2.02. The van der Waals surface area contributed by atoms with Crippen molar-refractivity contribution in [3.63, 3.8) is 0 Å². The smallest absolute Gasteiger partial charge is 0.262 e. The number of imide groups is 1. The molecule has 0 saturated carbocycles. The number of carbonyl (C=O) groups excluding carboxylic acids is 3. The maximum absolute atomic E-state index is 12.0. The van der Waals surface area contributed by atoms with Crippen molar-refractivity contribution in [3.8, 4) is 0 Å². The van der Waals surface area contributed by atoms with Crippen LogP contribution in [-0.2, 0) is 4.79 Å². The Morgan fingerprint density at radius 3 is 2.24 bits per heavy atom. The molecule has 0 aromatic heterocycles. The predicted octanol–water partition coefficient (Wildman–Crippen LogP) is 0.558. The van der Waals surface area contributed by atoms with Gasteiger partial charge in [-0.2, -0.15) is 0 Å². The highest BCUT2D eigenvalue weighted by atomic mass is 35.5. The van der Waals surface area contributed by atoms with E-state index in [1.807, 2.05) is 6.92 Å². The van der Waals surface area contributed by atoms with Gasteiger partial charge in [-0.1, -0.05) is 12.1 Å². The molecule has 1 aliphatic rings. The van der Waals surface area contributed by atoms with E-state index in [2.05, 4.69) is 5.32 Å². The van der Waals surface area contributed by atoms with Crippen LogP contribution in [0.5, 0.6) is 0 Å². The molecule has 21 heavy (non-hydrogen) atoms. The van der Waals surface area contributed by atoms with Crippen LogP contribution >= 0.6 is 12.4 Å². The second-order valence-electron chi connectivity index (χ2n) is 4.86. The van der Waals surface area contributed by atoms with Gasteiger partial charge in [0.1, 0.15) is 6.54 Å². The van der Waals surface area contributed by atoms with E-state index in [1.54, 1.807) is 24.3 Å². The van der Waals surface area contributed by atoms with Crippen LogP contribution in [0.15, 0.2) is 24.3 Å². The van der Waals surface area contributed by atoms with E-state index in [4.69, 9.17) is 5.73 Å². The lowest BCUT2D eigenvalue weighted by Crippen LogP contribution is -2.41. The molecule has 1 heterocycles. The second kappa shape index (κ2) is 7.19. The molecular weight excluding hydrogens is 294 g/mol. The quantitative estimate of drug-likeness (QED) is 0.777. The first-order chi connectivity index (χ1) is 9.50. The number of rotatable bonds is 5. The summed E-state index contributed by atoms with van der Waals surface area (Å²) in [6, 6.07) is 6.55. The van der Waals surface area contributed by atoms with Gasteiger partial charge in [-0.15, -0.1) is 12.4 Å². The Kier molecular flexibility index (Phi) is 5.87. The van der Waals surface area contributed by atoms with Gasteiger partial charge in [0.2, 0.25) is 5.91 Å². The molecule has 0 aliphatic carbocycles. The molecule has 0 saturated heterocycles. The Balaban J connectivity index is 0.00000220. The fraction of sp³-hybridized carbons (Fsp3) is 0.357. The third-order valence-electron chi connectivity index (χ3n) is 3.10. The SMILES string of the molecule is CC(N)CCNC(=O)CN1C(=O)c2ccccc2C1=O.Cl. The zero-order valence-electron chi connectivity index (χ0n) is 11.7. The Morgan fingerprint density at radius 2 is 1.76 bits per heavy atom. The highest BCUT2D eigenvalue weighted by Crippen LogP contribution is 2.21. The van der Waals surface area contributed by atoms with Gasteiger partial charge in [-0.05, 0) is 25.5 Å². The molecule has 7 heteroatoms. The standard InChI is InChI=1S/C14H17N3O3.ClH/c1-9(15)6-7-16-12(18)8-17-13(19)10-4-2-3-5-11(10)14(17)20;/h2-5,9H,6-8,15H2,1H3,(H,16,18);1H. The third kappa shape index (κ3) is 3.80. The Bertz CT molecular complexity index is 525. The van der Waals surface area contributed by atoms with E-state index >= 15 is 0 Å². The summed E-state index contributed by atoms with van der Waals surface area (Å²) in [5.41, 5.74) is 6.27. The number of nitrogens with two attached hydrogens (primary N) is 1. The number of nitrogens with zero attached hydrogens (tertiary/aromatic N) is 1. The molecule has 0 radical (unpaired) electrons. The lowest BCUT2D eigenvalue weighted by atomic mass is 10.1. The monoisotopic (exact) mass is 311 g/mol. The van der Waals surface area contributed by atoms with Crippen molar-refractivity contribution >= 4 is 30.1 Å². The second-order valence-corrected chi connectivity index (χ2v) is 4.86. The topological polar surface area (TPSA) is 92.5 Å². The number of hydrogen-bond acceptors (Lipinski definition) is 4. The number of halogens is 1. The van der Waals surface area contributed by atoms with Crippen LogP contribution < -0.4 is 11.1 Å². The molecule has 1 aromatic rings. The summed E-state index contributed by atoms with van der Waals surface area (Å²) in [7, 11) is 0. The van der Waals surface area contributed by atoms with E-state index in [0.29, 0.717) is 24.1 Å². The van der Waals surface area contributed by atoms with Crippen molar-refractivity contribution in [2.45, 2.75) is 19.4 Å². The van der Waals surface area contributed by atoms with Crippen molar-refractivity contribution in [1.29, 1.82) is 0 Å². The van der Waals surface area contributed by atoms with Crippen molar-refractivity contribution in [1.82, 2.24) is 10.2 Å². The van der Waals surface area contributed by atoms with Crippen LogP contribution in [-0.4, -0.2) is 41.8 Å². The van der Waals surface area contributed by atoms with Crippen LogP contribution in [0, 0.1) is 0 Å². The minimum atomic E-state index is -0.423. The molecule has 0 spiro atoms. The summed E-state index contributed by atoms with van der Waals surface area (Å²) in [5, 5.41) is 2.64. The number of nitrogens with one attached hydrogen (secondary N) is 1. The number of benzene rings is 1. The van der Waals surface area contributed by atoms with Crippen molar-refractivity contribution in [2.75, 3.05) is 13.1 Å². The number of hydrogen-bond donors (Lipinski definition) is 2. The lowest BCUT2D eigenvalue weighted by molar-refractivity contribution is -0.121. The van der Waals surface area contributed by atoms with E-state index < -0.39 is 11.8 Å². The van der Waals surface area contributed by atoms with Crippen LogP contribution in [0.1, 0.15) is 34.1 Å². The predicted molar refractivity (Wildman–Crippen MR) is 80.3 cm³/mol. The van der Waals surface area contributed by atoms with Crippen LogP contribution in [0.25, 0.3) is 0 Å². The van der Waals surface area contributed by atoms with Gasteiger partial charge >= 0.3 is 0 Å². The molecule has 114 valence electrons. The van der Waals surface area contributed by atoms with Gasteiger partial charge in [0.15, 0.2) is 0 Å². The van der Waals surface area contributed by atoms with E-state index in [-0.39, 0.29) is 30.9 Å². The average molecular weight is 312 g/mol. The van der Waals surface area contributed by atoms with Crippen molar-refractivity contribution in [3.05, 3.63) is 35.4 Å². The van der Waals surface area contributed by atoms with Gasteiger partial charge in [0.25, 0.3) is 11.8 Å². The molecule has 1 aliphatic heterocycles. The number of carbonyl (C=O) groups is 3. The molecule has 1 unspecified atom stereocenters. The molecule has 2 rings (SSSR count). The lowest BCUT2D eigenvalue weighted by Gasteiger charge is -2.14. The first-order valence-electron chi connectivity index (χ1n) is 6.48. The van der Waals surface area contributed by atoms with Gasteiger partial charge in [-0.3, -0.25) is 19.3 Å². The largest absolute Gasteiger partial charge is 0.354 e. The van der Waals surface area contributed by atoms with Crippen LogP contribution in [0.2, 0.25) is 0 Å². The average Bonchev–Trinajstić information content (AvgIpc) is 2.64. The molecule has 3 N–H and O–H groups in total. The van der Waals surface area contributed by atoms with Gasteiger partial charge in [0.05, 0.1) is 11.1 Å². The zero-order valence-corrected chi connectivity index (χ0v) is 12.5. The maximum atomic E-state index is 12.0. The molecule has 0 bridgehead atoms. The normalized spacial score (nSPS) is 14.5. The fourth-order valence-electron chi connectivity index (χ4n) is 2.02. The van der Waals surface area contributed by atoms with E-state index in [1.165, 1.54) is 0 Å². The van der Waals surface area contributed by atoms with Gasteiger partial charge < -0.3 is 11.1 Å². The van der Waals surface area contributed by atoms with Crippen LogP contribution in [0.4, 0.5) is 0 Å². The molecule has 3 amide bonds. The first kappa shape index (κ1) is 17.1. The Morgan fingerprint density at radius 1 is 1.24 bits per heavy atom. The minimum absolute atomic E-state index is 0. The number of amides is 3. The Labute approximate surface area is 129 Å². The van der Waals surface area contributed by atoms with Crippen LogP contribution in [0.3, 0.4) is 0 Å². The summed E-state index contributed by atoms with van der Waals surface area (Å²) < 4.78 is 0. The number of fused-ring (bicyclic) bond motifs is 1. The maximum Gasteiger partial charge on any atom is 0.262 e. The van der Waals surface area contributed by atoms with Crippen molar-refractivity contribution < 1.29 is 14.4 Å². The highest BCUT2D eigenvalue weighted by molar-refractivity contribution is 6.22. The summed E-state index contributed by atoms with van der Waals surface area (Å²) >= 11 is 0. The molecule has 1 aromatic carbocycles. The van der Waals surface area contributed by atoms with Crippen molar-refractivity contribution in [2.24, 2.45) is 5.73 Å². The summed E-state index contributed by atoms with van der Waals surface area (Å²) in [5.74, 6) is -1.21.